The summed E-state index contributed by atoms with van der Waals surface area (Å²) < 4.78 is 16.9. The van der Waals surface area contributed by atoms with E-state index in [-0.39, 0.29) is 13.3 Å². The first-order valence-corrected chi connectivity index (χ1v) is 10.3. The number of imidazole rings is 1. The summed E-state index contributed by atoms with van der Waals surface area (Å²) >= 11 is 1.24. The largest absolute Gasteiger partial charge is 0.454 e. The molecule has 1 aliphatic heterocycles. The summed E-state index contributed by atoms with van der Waals surface area (Å²) in [7, 11) is 2.06. The van der Waals surface area contributed by atoms with Gasteiger partial charge in [0.05, 0.1) is 6.54 Å². The minimum Gasteiger partial charge on any atom is -0.454 e. The highest BCUT2D eigenvalue weighted by Gasteiger charge is 2.17. The third-order valence-corrected chi connectivity index (χ3v) is 5.38. The Morgan fingerprint density at radius 3 is 2.97 bits per heavy atom. The highest BCUT2D eigenvalue weighted by molar-refractivity contribution is 7.09. The number of anilines is 1. The summed E-state index contributed by atoms with van der Waals surface area (Å²) in [6.07, 6.45) is 5.91. The van der Waals surface area contributed by atoms with E-state index in [0.717, 1.165) is 36.6 Å². The van der Waals surface area contributed by atoms with Gasteiger partial charge in [-0.05, 0) is 37.7 Å². The maximum atomic E-state index is 11.5. The zero-order valence-electron chi connectivity index (χ0n) is 16.6. The lowest BCUT2D eigenvalue weighted by atomic mass is 10.2. The number of primary amides is 1. The van der Waals surface area contributed by atoms with Crippen LogP contribution in [0.4, 0.5) is 5.13 Å². The van der Waals surface area contributed by atoms with Gasteiger partial charge in [-0.1, -0.05) is 6.07 Å². The van der Waals surface area contributed by atoms with Crippen molar-refractivity contribution in [2.75, 3.05) is 38.4 Å². The number of carbonyl (C=O) groups is 1. The molecule has 1 aliphatic rings. The van der Waals surface area contributed by atoms with Crippen molar-refractivity contribution in [3.05, 3.63) is 42.5 Å². The molecule has 11 heteroatoms. The minimum atomic E-state index is -0.400. The number of rotatable bonds is 10. The van der Waals surface area contributed by atoms with Crippen LogP contribution in [-0.4, -0.2) is 63.2 Å². The summed E-state index contributed by atoms with van der Waals surface area (Å²) in [5.41, 5.74) is 6.60. The number of ether oxygens (including phenoxy) is 2. The molecule has 1 amide bonds. The van der Waals surface area contributed by atoms with Crippen molar-refractivity contribution in [2.24, 2.45) is 5.73 Å². The van der Waals surface area contributed by atoms with Crippen molar-refractivity contribution in [1.29, 1.82) is 0 Å². The number of carbonyl (C=O) groups excluding carboxylic acids is 1. The smallest absolute Gasteiger partial charge is 0.248 e. The van der Waals surface area contributed by atoms with Crippen molar-refractivity contribution in [3.8, 4) is 17.4 Å². The topological polar surface area (TPSA) is 112 Å². The average Bonchev–Trinajstić information content (AvgIpc) is 3.46. The van der Waals surface area contributed by atoms with E-state index in [9.17, 15) is 4.79 Å². The number of aromatic nitrogens is 4. The van der Waals surface area contributed by atoms with E-state index in [2.05, 4.69) is 26.3 Å². The van der Waals surface area contributed by atoms with E-state index in [4.69, 9.17) is 15.2 Å². The molecule has 0 saturated carbocycles. The van der Waals surface area contributed by atoms with Crippen molar-refractivity contribution in [2.45, 2.75) is 13.0 Å². The summed E-state index contributed by atoms with van der Waals surface area (Å²) in [4.78, 5) is 24.1. The van der Waals surface area contributed by atoms with Crippen LogP contribution >= 0.6 is 11.5 Å². The van der Waals surface area contributed by atoms with Gasteiger partial charge in [-0.2, -0.15) is 9.36 Å². The van der Waals surface area contributed by atoms with Crippen molar-refractivity contribution in [1.82, 2.24) is 23.8 Å². The van der Waals surface area contributed by atoms with Gasteiger partial charge in [-0.3, -0.25) is 9.36 Å². The second-order valence-corrected chi connectivity index (χ2v) is 7.74. The molecule has 0 spiro atoms. The van der Waals surface area contributed by atoms with Crippen LogP contribution in [0.5, 0.6) is 11.5 Å². The Morgan fingerprint density at radius 1 is 1.30 bits per heavy atom. The van der Waals surface area contributed by atoms with Crippen molar-refractivity contribution in [3.63, 3.8) is 0 Å². The van der Waals surface area contributed by atoms with E-state index in [1.54, 1.807) is 23.3 Å². The van der Waals surface area contributed by atoms with Crippen LogP contribution < -0.4 is 20.1 Å². The average molecular weight is 430 g/mol. The molecule has 0 bridgehead atoms. The molecule has 0 unspecified atom stereocenters. The number of nitrogens with two attached hydrogens (primary N) is 1. The lowest BCUT2D eigenvalue weighted by Gasteiger charge is -2.22. The number of fused-ring (bicyclic) bond motifs is 1. The molecule has 4 rings (SSSR count). The quantitative estimate of drug-likeness (QED) is 0.513. The fourth-order valence-electron chi connectivity index (χ4n) is 3.21. The van der Waals surface area contributed by atoms with E-state index in [1.165, 1.54) is 11.5 Å². The highest BCUT2D eigenvalue weighted by Crippen LogP contribution is 2.32. The van der Waals surface area contributed by atoms with Gasteiger partial charge in [-0.25, -0.2) is 4.98 Å². The number of nitrogens with zero attached hydrogens (tertiary/aromatic N) is 6. The predicted octanol–water partition coefficient (Wildman–Crippen LogP) is 1.27. The lowest BCUT2D eigenvalue weighted by molar-refractivity contribution is -0.116. The summed E-state index contributed by atoms with van der Waals surface area (Å²) in [6.45, 7) is 2.66. The maximum absolute atomic E-state index is 11.5. The Balaban J connectivity index is 1.32. The van der Waals surface area contributed by atoms with Gasteiger partial charge in [0, 0.05) is 37.0 Å². The van der Waals surface area contributed by atoms with Crippen molar-refractivity contribution < 1.29 is 14.3 Å². The molecule has 10 nitrogen and oxygen atoms in total. The SMILES string of the molecule is CN(CCCN(CC(N)=O)c1nc(-n2ccnc2)ns1)Cc1ccc2c(c1)OCO2. The molecule has 3 heterocycles. The second-order valence-electron chi connectivity index (χ2n) is 7.01. The molecular weight excluding hydrogens is 406 g/mol. The minimum absolute atomic E-state index is 0.102. The van der Waals surface area contributed by atoms with E-state index in [0.29, 0.717) is 17.6 Å². The molecular formula is C19H23N7O3S. The van der Waals surface area contributed by atoms with Crippen LogP contribution in [0.3, 0.4) is 0 Å². The molecule has 3 aromatic rings. The first-order chi connectivity index (χ1) is 14.6. The van der Waals surface area contributed by atoms with Crippen LogP contribution in [-0.2, 0) is 11.3 Å². The molecule has 0 aliphatic carbocycles. The normalized spacial score (nSPS) is 12.5. The Labute approximate surface area is 178 Å². The molecule has 0 fully saturated rings. The molecule has 1 aromatic carbocycles. The standard InChI is InChI=1S/C19H23N7O3S/c1-24(10-14-3-4-15-16(9-14)29-13-28-15)6-2-7-25(11-17(20)27)19-22-18(23-30-19)26-8-5-21-12-26/h3-5,8-9,12H,2,6-7,10-11,13H2,1H3,(H2,20,27). The zero-order chi connectivity index (χ0) is 20.9. The van der Waals surface area contributed by atoms with Gasteiger partial charge < -0.3 is 25.0 Å². The van der Waals surface area contributed by atoms with Gasteiger partial charge >= 0.3 is 0 Å². The van der Waals surface area contributed by atoms with Gasteiger partial charge in [0.2, 0.25) is 23.8 Å². The monoisotopic (exact) mass is 429 g/mol. The third kappa shape index (κ3) is 4.86. The van der Waals surface area contributed by atoms with Crippen LogP contribution in [0.15, 0.2) is 36.9 Å². The lowest BCUT2D eigenvalue weighted by Crippen LogP contribution is -2.35. The fourth-order valence-corrected chi connectivity index (χ4v) is 3.90. The fraction of sp³-hybridized carbons (Fsp3) is 0.368. The number of hydrogen-bond acceptors (Lipinski definition) is 9. The van der Waals surface area contributed by atoms with Crippen LogP contribution in [0.2, 0.25) is 0 Å². The number of benzene rings is 1. The highest BCUT2D eigenvalue weighted by atomic mass is 32.1. The van der Waals surface area contributed by atoms with Crippen LogP contribution in [0, 0.1) is 0 Å². The number of amides is 1. The Kier molecular flexibility index (Phi) is 6.10. The summed E-state index contributed by atoms with van der Waals surface area (Å²) in [5, 5.41) is 0.663. The summed E-state index contributed by atoms with van der Waals surface area (Å²) in [6, 6.07) is 5.99. The molecule has 158 valence electrons. The van der Waals surface area contributed by atoms with E-state index < -0.39 is 5.91 Å². The van der Waals surface area contributed by atoms with E-state index in [1.807, 2.05) is 23.1 Å². The van der Waals surface area contributed by atoms with Gasteiger partial charge in [0.15, 0.2) is 11.5 Å². The molecule has 2 aromatic heterocycles. The zero-order valence-corrected chi connectivity index (χ0v) is 17.4. The van der Waals surface area contributed by atoms with E-state index >= 15 is 0 Å². The summed E-state index contributed by atoms with van der Waals surface area (Å²) in [5.74, 6) is 1.71. The predicted molar refractivity (Wildman–Crippen MR) is 112 cm³/mol. The number of hydrogen-bond donors (Lipinski definition) is 1. The first kappa shape index (κ1) is 20.1. The Bertz CT molecular complexity index is 992. The molecule has 0 atom stereocenters. The van der Waals surface area contributed by atoms with Gasteiger partial charge in [0.25, 0.3) is 0 Å². The van der Waals surface area contributed by atoms with Crippen molar-refractivity contribution >= 4 is 22.6 Å². The Morgan fingerprint density at radius 2 is 2.17 bits per heavy atom. The second kappa shape index (κ2) is 9.09. The third-order valence-electron chi connectivity index (χ3n) is 4.61. The molecule has 0 saturated heterocycles. The van der Waals surface area contributed by atoms with Crippen LogP contribution in [0.25, 0.3) is 5.95 Å². The first-order valence-electron chi connectivity index (χ1n) is 9.51. The molecule has 2 N–H and O–H groups in total. The maximum Gasteiger partial charge on any atom is 0.248 e. The molecule has 0 radical (unpaired) electrons. The Hall–Kier alpha value is -3.18. The molecule has 30 heavy (non-hydrogen) atoms. The van der Waals surface area contributed by atoms with Gasteiger partial charge in [-0.15, -0.1) is 0 Å². The van der Waals surface area contributed by atoms with Crippen LogP contribution in [0.1, 0.15) is 12.0 Å². The van der Waals surface area contributed by atoms with Gasteiger partial charge in [0.1, 0.15) is 6.33 Å².